The number of methoxy groups -OCH3 is 1. The highest BCUT2D eigenvalue weighted by atomic mass is 32.2. The SMILES string of the molecule is COC[C@H]1CC[C@H]2[C@H](CCN2S(=O)(=O)c2cccc(F)c2)O1. The molecule has 0 saturated carbocycles. The van der Waals surface area contributed by atoms with Crippen LogP contribution in [0.25, 0.3) is 0 Å². The molecule has 2 fully saturated rings. The third-order valence-corrected chi connectivity index (χ3v) is 6.26. The van der Waals surface area contributed by atoms with Crippen molar-refractivity contribution in [2.75, 3.05) is 20.3 Å². The zero-order valence-corrected chi connectivity index (χ0v) is 13.3. The van der Waals surface area contributed by atoms with Crippen LogP contribution in [0, 0.1) is 5.82 Å². The number of sulfonamides is 1. The van der Waals surface area contributed by atoms with Crippen molar-refractivity contribution in [2.24, 2.45) is 0 Å². The van der Waals surface area contributed by atoms with Crippen LogP contribution in [0.1, 0.15) is 19.3 Å². The van der Waals surface area contributed by atoms with Crippen molar-refractivity contribution in [2.45, 2.75) is 42.4 Å². The predicted octanol–water partition coefficient (Wildman–Crippen LogP) is 1.78. The van der Waals surface area contributed by atoms with E-state index in [1.807, 2.05) is 0 Å². The predicted molar refractivity (Wildman–Crippen MR) is 78.5 cm³/mol. The van der Waals surface area contributed by atoms with E-state index in [0.29, 0.717) is 19.6 Å². The van der Waals surface area contributed by atoms with Crippen molar-refractivity contribution in [3.05, 3.63) is 30.1 Å². The van der Waals surface area contributed by atoms with E-state index in [9.17, 15) is 12.8 Å². The van der Waals surface area contributed by atoms with Gasteiger partial charge in [-0.25, -0.2) is 12.8 Å². The summed E-state index contributed by atoms with van der Waals surface area (Å²) in [5.41, 5.74) is 0. The first-order valence-corrected chi connectivity index (χ1v) is 8.88. The summed E-state index contributed by atoms with van der Waals surface area (Å²) in [5, 5.41) is 0. The van der Waals surface area contributed by atoms with E-state index in [2.05, 4.69) is 0 Å². The van der Waals surface area contributed by atoms with Gasteiger partial charge in [-0.2, -0.15) is 4.31 Å². The topological polar surface area (TPSA) is 55.8 Å². The molecule has 0 unspecified atom stereocenters. The van der Waals surface area contributed by atoms with Crippen molar-refractivity contribution in [3.63, 3.8) is 0 Å². The summed E-state index contributed by atoms with van der Waals surface area (Å²) < 4.78 is 51.3. The largest absolute Gasteiger partial charge is 0.382 e. The van der Waals surface area contributed by atoms with Crippen molar-refractivity contribution >= 4 is 10.0 Å². The summed E-state index contributed by atoms with van der Waals surface area (Å²) >= 11 is 0. The molecule has 0 bridgehead atoms. The molecular formula is C15H20FNO4S. The van der Waals surface area contributed by atoms with E-state index in [0.717, 1.165) is 18.9 Å². The smallest absolute Gasteiger partial charge is 0.243 e. The standard InChI is InChI=1S/C15H20FNO4S/c1-20-10-12-5-6-14-15(21-12)7-8-17(14)22(18,19)13-4-2-3-11(16)9-13/h2-4,9,12,14-15H,5-8,10H2,1H3/t12-,14+,15+/m1/s1. The highest BCUT2D eigenvalue weighted by Gasteiger charge is 2.45. The maximum absolute atomic E-state index is 13.3. The monoisotopic (exact) mass is 329 g/mol. The van der Waals surface area contributed by atoms with E-state index in [-0.39, 0.29) is 23.1 Å². The van der Waals surface area contributed by atoms with Gasteiger partial charge in [0.05, 0.1) is 29.8 Å². The lowest BCUT2D eigenvalue weighted by Crippen LogP contribution is -2.45. The summed E-state index contributed by atoms with van der Waals surface area (Å²) in [6, 6.07) is 5.00. The van der Waals surface area contributed by atoms with E-state index in [1.165, 1.54) is 22.5 Å². The number of halogens is 1. The highest BCUT2D eigenvalue weighted by molar-refractivity contribution is 7.89. The van der Waals surface area contributed by atoms with Gasteiger partial charge in [0.2, 0.25) is 10.0 Å². The average Bonchev–Trinajstić information content (AvgIpc) is 2.91. The molecule has 122 valence electrons. The second-order valence-electron chi connectivity index (χ2n) is 5.76. The molecule has 2 aliphatic heterocycles. The Morgan fingerprint density at radius 2 is 2.18 bits per heavy atom. The Morgan fingerprint density at radius 1 is 1.36 bits per heavy atom. The minimum atomic E-state index is -3.68. The summed E-state index contributed by atoms with van der Waals surface area (Å²) in [5.74, 6) is -0.545. The number of nitrogens with zero attached hydrogens (tertiary/aromatic N) is 1. The van der Waals surface area contributed by atoms with Crippen LogP contribution in [0.4, 0.5) is 4.39 Å². The van der Waals surface area contributed by atoms with Gasteiger partial charge in [0, 0.05) is 13.7 Å². The minimum Gasteiger partial charge on any atom is -0.382 e. The molecule has 1 aromatic rings. The highest BCUT2D eigenvalue weighted by Crippen LogP contribution is 2.35. The van der Waals surface area contributed by atoms with Crippen LogP contribution in [-0.4, -0.2) is 51.2 Å². The number of ether oxygens (including phenoxy) is 2. The van der Waals surface area contributed by atoms with Crippen molar-refractivity contribution in [1.29, 1.82) is 0 Å². The molecule has 2 aliphatic rings. The maximum atomic E-state index is 13.3. The second kappa shape index (κ2) is 6.23. The van der Waals surface area contributed by atoms with Crippen LogP contribution < -0.4 is 0 Å². The van der Waals surface area contributed by atoms with Gasteiger partial charge in [0.25, 0.3) is 0 Å². The fourth-order valence-electron chi connectivity index (χ4n) is 3.33. The van der Waals surface area contributed by atoms with Crippen LogP contribution in [0.3, 0.4) is 0 Å². The Kier molecular flexibility index (Phi) is 4.49. The molecular weight excluding hydrogens is 309 g/mol. The zero-order valence-electron chi connectivity index (χ0n) is 12.4. The van der Waals surface area contributed by atoms with Crippen molar-refractivity contribution < 1.29 is 22.3 Å². The summed E-state index contributed by atoms with van der Waals surface area (Å²) in [7, 11) is -2.05. The van der Waals surface area contributed by atoms with Crippen LogP contribution in [-0.2, 0) is 19.5 Å². The summed E-state index contributed by atoms with van der Waals surface area (Å²) in [4.78, 5) is 0.00663. The second-order valence-corrected chi connectivity index (χ2v) is 7.65. The summed E-state index contributed by atoms with van der Waals surface area (Å²) in [6.45, 7) is 0.938. The van der Waals surface area contributed by atoms with Crippen LogP contribution in [0.15, 0.2) is 29.2 Å². The Morgan fingerprint density at radius 3 is 2.91 bits per heavy atom. The average molecular weight is 329 g/mol. The van der Waals surface area contributed by atoms with Gasteiger partial charge in [0.15, 0.2) is 0 Å². The van der Waals surface area contributed by atoms with Gasteiger partial charge in [-0.3, -0.25) is 0 Å². The molecule has 0 aliphatic carbocycles. The Bertz CT molecular complexity index is 636. The first-order chi connectivity index (χ1) is 10.5. The van der Waals surface area contributed by atoms with Crippen LogP contribution >= 0.6 is 0 Å². The Hall–Kier alpha value is -1.02. The van der Waals surface area contributed by atoms with Crippen molar-refractivity contribution in [1.82, 2.24) is 4.31 Å². The minimum absolute atomic E-state index is 0.00663. The molecule has 0 radical (unpaired) electrons. The van der Waals surface area contributed by atoms with Gasteiger partial charge in [-0.05, 0) is 37.5 Å². The van der Waals surface area contributed by atoms with Crippen LogP contribution in [0.2, 0.25) is 0 Å². The third-order valence-electron chi connectivity index (χ3n) is 4.34. The van der Waals surface area contributed by atoms with E-state index in [1.54, 1.807) is 7.11 Å². The molecule has 22 heavy (non-hydrogen) atoms. The fraction of sp³-hybridized carbons (Fsp3) is 0.600. The first-order valence-electron chi connectivity index (χ1n) is 7.44. The number of hydrogen-bond donors (Lipinski definition) is 0. The van der Waals surface area contributed by atoms with Crippen molar-refractivity contribution in [3.8, 4) is 0 Å². The van der Waals surface area contributed by atoms with Gasteiger partial charge < -0.3 is 9.47 Å². The molecule has 0 aromatic heterocycles. The van der Waals surface area contributed by atoms with E-state index < -0.39 is 15.8 Å². The Labute approximate surface area is 130 Å². The molecule has 0 spiro atoms. The molecule has 3 rings (SSSR count). The molecule has 5 nitrogen and oxygen atoms in total. The lowest BCUT2D eigenvalue weighted by molar-refractivity contribution is -0.0872. The van der Waals surface area contributed by atoms with Crippen LogP contribution in [0.5, 0.6) is 0 Å². The molecule has 7 heteroatoms. The molecule has 0 amide bonds. The van der Waals surface area contributed by atoms with Gasteiger partial charge >= 0.3 is 0 Å². The number of hydrogen-bond acceptors (Lipinski definition) is 4. The first kappa shape index (κ1) is 15.9. The summed E-state index contributed by atoms with van der Waals surface area (Å²) in [6.07, 6.45) is 2.11. The quantitative estimate of drug-likeness (QED) is 0.845. The molecule has 1 aromatic carbocycles. The number of rotatable bonds is 4. The van der Waals surface area contributed by atoms with Gasteiger partial charge in [-0.15, -0.1) is 0 Å². The molecule has 3 atom stereocenters. The fourth-order valence-corrected chi connectivity index (χ4v) is 5.05. The maximum Gasteiger partial charge on any atom is 0.243 e. The molecule has 0 N–H and O–H groups in total. The van der Waals surface area contributed by atoms with E-state index in [4.69, 9.17) is 9.47 Å². The molecule has 2 saturated heterocycles. The van der Waals surface area contributed by atoms with Gasteiger partial charge in [0.1, 0.15) is 5.82 Å². The molecule has 2 heterocycles. The lowest BCUT2D eigenvalue weighted by atomic mass is 10.0. The van der Waals surface area contributed by atoms with E-state index >= 15 is 0 Å². The Balaban J connectivity index is 1.79. The zero-order chi connectivity index (χ0) is 15.7. The third kappa shape index (κ3) is 2.90. The van der Waals surface area contributed by atoms with Gasteiger partial charge in [-0.1, -0.05) is 6.07 Å². The number of benzene rings is 1. The normalized spacial score (nSPS) is 29.5. The number of fused-ring (bicyclic) bond motifs is 1. The lowest BCUT2D eigenvalue weighted by Gasteiger charge is -2.35.